The summed E-state index contributed by atoms with van der Waals surface area (Å²) in [4.78, 5) is 0. The lowest BCUT2D eigenvalue weighted by Crippen LogP contribution is -1.93. The summed E-state index contributed by atoms with van der Waals surface area (Å²) in [7, 11) is 0. The Hall–Kier alpha value is -1.36. The molecule has 62 valence electrons. The molecule has 0 radical (unpaired) electrons. The van der Waals surface area contributed by atoms with Gasteiger partial charge in [-0.25, -0.2) is 4.39 Å². The minimum Gasteiger partial charge on any atom is -0.206 e. The SMILES string of the molecule is Cc1cc(C)c(F)c(CC#N)c1. The van der Waals surface area contributed by atoms with Crippen molar-refractivity contribution >= 4 is 0 Å². The van der Waals surface area contributed by atoms with Gasteiger partial charge in [0.1, 0.15) is 5.82 Å². The lowest BCUT2D eigenvalue weighted by Gasteiger charge is -2.03. The fourth-order valence-corrected chi connectivity index (χ4v) is 1.25. The largest absolute Gasteiger partial charge is 0.206 e. The third kappa shape index (κ3) is 1.62. The van der Waals surface area contributed by atoms with Crippen molar-refractivity contribution in [3.05, 3.63) is 34.6 Å². The van der Waals surface area contributed by atoms with Gasteiger partial charge in [-0.15, -0.1) is 0 Å². The van der Waals surface area contributed by atoms with Crippen molar-refractivity contribution < 1.29 is 4.39 Å². The molecule has 1 aromatic carbocycles. The number of nitrogens with zero attached hydrogens (tertiary/aromatic N) is 1. The highest BCUT2D eigenvalue weighted by molar-refractivity contribution is 5.31. The van der Waals surface area contributed by atoms with E-state index in [1.165, 1.54) is 0 Å². The molecule has 0 bridgehead atoms. The maximum Gasteiger partial charge on any atom is 0.130 e. The van der Waals surface area contributed by atoms with Crippen LogP contribution in [0.3, 0.4) is 0 Å². The first-order valence-electron chi connectivity index (χ1n) is 3.77. The zero-order valence-electron chi connectivity index (χ0n) is 7.19. The topological polar surface area (TPSA) is 23.8 Å². The van der Waals surface area contributed by atoms with E-state index in [4.69, 9.17) is 5.26 Å². The van der Waals surface area contributed by atoms with Crippen LogP contribution in [-0.4, -0.2) is 0 Å². The van der Waals surface area contributed by atoms with Crippen LogP contribution in [-0.2, 0) is 6.42 Å². The highest BCUT2D eigenvalue weighted by Gasteiger charge is 2.04. The molecule has 0 atom stereocenters. The average Bonchev–Trinajstić information content (AvgIpc) is 2.00. The number of hydrogen-bond donors (Lipinski definition) is 0. The van der Waals surface area contributed by atoms with E-state index in [2.05, 4.69) is 0 Å². The minimum absolute atomic E-state index is 0.147. The van der Waals surface area contributed by atoms with Gasteiger partial charge in [0, 0.05) is 5.56 Å². The number of hydrogen-bond acceptors (Lipinski definition) is 1. The summed E-state index contributed by atoms with van der Waals surface area (Å²) in [5.74, 6) is -0.248. The van der Waals surface area contributed by atoms with Crippen LogP contribution in [0.1, 0.15) is 16.7 Å². The molecular formula is C10H10FN. The van der Waals surface area contributed by atoms with Crippen LogP contribution in [0, 0.1) is 31.0 Å². The zero-order chi connectivity index (χ0) is 9.14. The zero-order valence-corrected chi connectivity index (χ0v) is 7.19. The predicted octanol–water partition coefficient (Wildman–Crippen LogP) is 2.51. The molecule has 0 aliphatic heterocycles. The van der Waals surface area contributed by atoms with Crippen LogP contribution in [0.4, 0.5) is 4.39 Å². The van der Waals surface area contributed by atoms with E-state index >= 15 is 0 Å². The van der Waals surface area contributed by atoms with Crippen LogP contribution in [0.5, 0.6) is 0 Å². The fourth-order valence-electron chi connectivity index (χ4n) is 1.25. The first-order chi connectivity index (χ1) is 5.65. The summed E-state index contributed by atoms with van der Waals surface area (Å²) in [5, 5.41) is 8.41. The van der Waals surface area contributed by atoms with Gasteiger partial charge >= 0.3 is 0 Å². The van der Waals surface area contributed by atoms with E-state index in [0.29, 0.717) is 11.1 Å². The van der Waals surface area contributed by atoms with E-state index < -0.39 is 0 Å². The van der Waals surface area contributed by atoms with Crippen molar-refractivity contribution in [1.82, 2.24) is 0 Å². The molecule has 0 amide bonds. The Morgan fingerprint density at radius 3 is 2.67 bits per heavy atom. The Morgan fingerprint density at radius 1 is 1.42 bits per heavy atom. The summed E-state index contributed by atoms with van der Waals surface area (Å²) in [6, 6.07) is 5.43. The summed E-state index contributed by atoms with van der Waals surface area (Å²) >= 11 is 0. The Kier molecular flexibility index (Phi) is 2.44. The maximum atomic E-state index is 13.2. The van der Waals surface area contributed by atoms with Gasteiger partial charge in [-0.3, -0.25) is 0 Å². The molecule has 0 saturated carbocycles. The van der Waals surface area contributed by atoms with Gasteiger partial charge in [-0.1, -0.05) is 17.7 Å². The normalized spacial score (nSPS) is 9.50. The molecule has 0 heterocycles. The maximum absolute atomic E-state index is 13.2. The average molecular weight is 163 g/mol. The van der Waals surface area contributed by atoms with Gasteiger partial charge < -0.3 is 0 Å². The minimum atomic E-state index is -0.248. The van der Waals surface area contributed by atoms with Crippen LogP contribution in [0.2, 0.25) is 0 Å². The lowest BCUT2D eigenvalue weighted by atomic mass is 10.0. The summed E-state index contributed by atoms with van der Waals surface area (Å²) in [5.41, 5.74) is 2.11. The van der Waals surface area contributed by atoms with Crippen LogP contribution in [0.15, 0.2) is 12.1 Å². The molecule has 0 aliphatic rings. The second kappa shape index (κ2) is 3.36. The van der Waals surface area contributed by atoms with E-state index in [1.54, 1.807) is 19.1 Å². The molecule has 0 N–H and O–H groups in total. The van der Waals surface area contributed by atoms with Crippen molar-refractivity contribution in [2.45, 2.75) is 20.3 Å². The molecule has 0 saturated heterocycles. The van der Waals surface area contributed by atoms with Crippen molar-refractivity contribution in [1.29, 1.82) is 5.26 Å². The van der Waals surface area contributed by atoms with Crippen LogP contribution in [0.25, 0.3) is 0 Å². The van der Waals surface area contributed by atoms with Crippen LogP contribution >= 0.6 is 0 Å². The number of rotatable bonds is 1. The van der Waals surface area contributed by atoms with Gasteiger partial charge in [0.25, 0.3) is 0 Å². The van der Waals surface area contributed by atoms with Crippen LogP contribution < -0.4 is 0 Å². The summed E-state index contributed by atoms with van der Waals surface area (Å²) < 4.78 is 13.2. The van der Waals surface area contributed by atoms with Crippen molar-refractivity contribution in [2.75, 3.05) is 0 Å². The van der Waals surface area contributed by atoms with Gasteiger partial charge in [-0.05, 0) is 19.4 Å². The Labute approximate surface area is 71.4 Å². The number of benzene rings is 1. The fraction of sp³-hybridized carbons (Fsp3) is 0.300. The van der Waals surface area contributed by atoms with E-state index in [-0.39, 0.29) is 12.2 Å². The quantitative estimate of drug-likeness (QED) is 0.624. The standard InChI is InChI=1S/C10H10FN/c1-7-5-8(2)10(11)9(6-7)3-4-12/h5-6H,3H2,1-2H3. The Balaban J connectivity index is 3.20. The van der Waals surface area contributed by atoms with Crippen molar-refractivity contribution in [3.63, 3.8) is 0 Å². The molecular weight excluding hydrogens is 153 g/mol. The van der Waals surface area contributed by atoms with E-state index in [0.717, 1.165) is 5.56 Å². The molecule has 12 heavy (non-hydrogen) atoms. The Bertz CT molecular complexity index is 336. The second-order valence-electron chi connectivity index (χ2n) is 2.89. The Morgan fingerprint density at radius 2 is 2.08 bits per heavy atom. The molecule has 2 heteroatoms. The molecule has 1 aromatic rings. The molecule has 1 rings (SSSR count). The van der Waals surface area contributed by atoms with E-state index in [9.17, 15) is 4.39 Å². The third-order valence-electron chi connectivity index (χ3n) is 1.74. The highest BCUT2D eigenvalue weighted by atomic mass is 19.1. The van der Waals surface area contributed by atoms with Gasteiger partial charge in [0.2, 0.25) is 0 Å². The third-order valence-corrected chi connectivity index (χ3v) is 1.74. The molecule has 0 unspecified atom stereocenters. The number of nitriles is 1. The lowest BCUT2D eigenvalue weighted by molar-refractivity contribution is 0.605. The summed E-state index contributed by atoms with van der Waals surface area (Å²) in [6.45, 7) is 3.61. The molecule has 0 aromatic heterocycles. The molecule has 0 aliphatic carbocycles. The van der Waals surface area contributed by atoms with Crippen molar-refractivity contribution in [3.8, 4) is 6.07 Å². The predicted molar refractivity (Wildman–Crippen MR) is 45.2 cm³/mol. The first-order valence-corrected chi connectivity index (χ1v) is 3.77. The second-order valence-corrected chi connectivity index (χ2v) is 2.89. The number of aryl methyl sites for hydroxylation is 2. The monoisotopic (exact) mass is 163 g/mol. The smallest absolute Gasteiger partial charge is 0.130 e. The van der Waals surface area contributed by atoms with Gasteiger partial charge in [0.05, 0.1) is 12.5 Å². The molecule has 1 nitrogen and oxygen atoms in total. The van der Waals surface area contributed by atoms with Gasteiger partial charge in [-0.2, -0.15) is 5.26 Å². The number of halogens is 1. The molecule has 0 fully saturated rings. The van der Waals surface area contributed by atoms with E-state index in [1.807, 2.05) is 13.0 Å². The first kappa shape index (κ1) is 8.73. The van der Waals surface area contributed by atoms with Crippen molar-refractivity contribution in [2.24, 2.45) is 0 Å². The molecule has 0 spiro atoms. The summed E-state index contributed by atoms with van der Waals surface area (Å²) in [6.07, 6.45) is 0.147. The highest BCUT2D eigenvalue weighted by Crippen LogP contribution is 2.15. The van der Waals surface area contributed by atoms with Gasteiger partial charge in [0.15, 0.2) is 0 Å².